The summed E-state index contributed by atoms with van der Waals surface area (Å²) in [5.74, 6) is -1.20. The summed E-state index contributed by atoms with van der Waals surface area (Å²) in [5.41, 5.74) is 0. The highest BCUT2D eigenvalue weighted by molar-refractivity contribution is 5.67. The second-order valence-electron chi connectivity index (χ2n) is 1.42. The van der Waals surface area contributed by atoms with E-state index < -0.39 is 5.97 Å². The molecule has 0 saturated carbocycles. The summed E-state index contributed by atoms with van der Waals surface area (Å²) in [6, 6.07) is 0. The van der Waals surface area contributed by atoms with Crippen molar-refractivity contribution in [2.75, 3.05) is 26.9 Å². The Hall–Kier alpha value is -0.610. The maximum atomic E-state index is 9.69. The van der Waals surface area contributed by atoms with Crippen LogP contribution in [0.5, 0.6) is 0 Å². The lowest BCUT2D eigenvalue weighted by molar-refractivity contribution is -0.148. The average molecular weight is 133 g/mol. The lowest BCUT2D eigenvalue weighted by Gasteiger charge is -1.96. The van der Waals surface area contributed by atoms with Crippen molar-refractivity contribution in [3.63, 3.8) is 0 Å². The third-order valence-electron chi connectivity index (χ3n) is 0.652. The van der Waals surface area contributed by atoms with Gasteiger partial charge in [0.05, 0.1) is 13.2 Å². The molecule has 1 radical (unpaired) electrons. The summed E-state index contributed by atoms with van der Waals surface area (Å²) in [4.78, 5) is 9.69. The zero-order valence-electron chi connectivity index (χ0n) is 5.25. The highest BCUT2D eigenvalue weighted by Crippen LogP contribution is 1.75. The largest absolute Gasteiger partial charge is 0.382 e. The zero-order chi connectivity index (χ0) is 7.11. The number of hydrogen-bond acceptors (Lipinski definition) is 3. The molecule has 0 aromatic rings. The molecule has 0 rings (SSSR count). The van der Waals surface area contributed by atoms with E-state index in [1.54, 1.807) is 0 Å². The monoisotopic (exact) mass is 133 g/mol. The van der Waals surface area contributed by atoms with Crippen LogP contribution in [0.4, 0.5) is 0 Å². The van der Waals surface area contributed by atoms with Crippen molar-refractivity contribution in [1.82, 2.24) is 0 Å². The lowest BCUT2D eigenvalue weighted by atomic mass is 10.7. The van der Waals surface area contributed by atoms with Gasteiger partial charge in [-0.15, -0.1) is 0 Å². The fraction of sp³-hybridized carbons (Fsp3) is 0.800. The Balaban J connectivity index is 2.83. The first-order valence-corrected chi connectivity index (χ1v) is 2.54. The van der Waals surface area contributed by atoms with Crippen LogP contribution >= 0.6 is 0 Å². The van der Waals surface area contributed by atoms with E-state index in [0.29, 0.717) is 13.2 Å². The molecule has 0 unspecified atom stereocenters. The van der Waals surface area contributed by atoms with Crippen LogP contribution in [-0.2, 0) is 19.4 Å². The van der Waals surface area contributed by atoms with Crippen LogP contribution in [0.15, 0.2) is 0 Å². The van der Waals surface area contributed by atoms with E-state index >= 15 is 0 Å². The van der Waals surface area contributed by atoms with Crippen molar-refractivity contribution in [2.24, 2.45) is 0 Å². The fourth-order valence-corrected chi connectivity index (χ4v) is 0.298. The van der Waals surface area contributed by atoms with E-state index in [4.69, 9.17) is 0 Å². The average Bonchev–Trinajstić information content (AvgIpc) is 1.80. The van der Waals surface area contributed by atoms with Gasteiger partial charge >= 0.3 is 5.97 Å². The van der Waals surface area contributed by atoms with E-state index in [-0.39, 0.29) is 6.61 Å². The van der Waals surface area contributed by atoms with Gasteiger partial charge in [0.1, 0.15) is 6.61 Å². The highest BCUT2D eigenvalue weighted by Gasteiger charge is 1.96. The first-order valence-electron chi connectivity index (χ1n) is 2.54. The standard InChI is InChI=1S/C5H9O4/c1-8-2-3-9-4-5(6)7/h2-4H2,1H3. The van der Waals surface area contributed by atoms with Crippen LogP contribution in [0.25, 0.3) is 0 Å². The fourth-order valence-electron chi connectivity index (χ4n) is 0.298. The Morgan fingerprint density at radius 3 is 2.56 bits per heavy atom. The molecule has 4 heteroatoms. The molecule has 0 amide bonds. The van der Waals surface area contributed by atoms with Crippen LogP contribution in [-0.4, -0.2) is 32.9 Å². The van der Waals surface area contributed by atoms with E-state index in [0.717, 1.165) is 0 Å². The molecule has 0 atom stereocenters. The molecule has 0 spiro atoms. The van der Waals surface area contributed by atoms with Crippen molar-refractivity contribution < 1.29 is 19.4 Å². The third kappa shape index (κ3) is 7.39. The molecule has 0 fully saturated rings. The minimum absolute atomic E-state index is 0.296. The van der Waals surface area contributed by atoms with E-state index in [1.165, 1.54) is 7.11 Å². The summed E-state index contributed by atoms with van der Waals surface area (Å²) < 4.78 is 9.13. The van der Waals surface area contributed by atoms with Gasteiger partial charge in [0.2, 0.25) is 0 Å². The Morgan fingerprint density at radius 2 is 2.11 bits per heavy atom. The van der Waals surface area contributed by atoms with Gasteiger partial charge in [0.15, 0.2) is 0 Å². The molecule has 4 nitrogen and oxygen atoms in total. The number of carbonyl (C=O) groups is 1. The van der Waals surface area contributed by atoms with Crippen LogP contribution in [0.3, 0.4) is 0 Å². The maximum Gasteiger partial charge on any atom is 0.380 e. The SMILES string of the molecule is COCCOCC([O])=O. The number of ether oxygens (including phenoxy) is 2. The van der Waals surface area contributed by atoms with Crippen LogP contribution in [0.1, 0.15) is 0 Å². The maximum absolute atomic E-state index is 9.69. The molecule has 53 valence electrons. The van der Waals surface area contributed by atoms with Gasteiger partial charge in [0, 0.05) is 7.11 Å². The third-order valence-corrected chi connectivity index (χ3v) is 0.652. The molecule has 9 heavy (non-hydrogen) atoms. The number of carbonyl (C=O) groups excluding carboxylic acids is 1. The predicted octanol–water partition coefficient (Wildman–Crippen LogP) is -0.393. The number of methoxy groups -OCH3 is 1. The van der Waals surface area contributed by atoms with E-state index in [9.17, 15) is 9.90 Å². The van der Waals surface area contributed by atoms with Gasteiger partial charge in [-0.05, 0) is 0 Å². The first-order chi connectivity index (χ1) is 4.27. The molecule has 0 bridgehead atoms. The summed E-state index contributed by atoms with van der Waals surface area (Å²) in [6.45, 7) is 0.348. The van der Waals surface area contributed by atoms with Gasteiger partial charge in [0.25, 0.3) is 0 Å². The van der Waals surface area contributed by atoms with Crippen LogP contribution < -0.4 is 0 Å². The second-order valence-corrected chi connectivity index (χ2v) is 1.42. The van der Waals surface area contributed by atoms with Crippen LogP contribution in [0.2, 0.25) is 0 Å². The molecule has 0 aliphatic carbocycles. The molecule has 0 aromatic heterocycles. The number of rotatable bonds is 5. The quantitative estimate of drug-likeness (QED) is 0.480. The van der Waals surface area contributed by atoms with E-state index in [1.807, 2.05) is 0 Å². The molecule has 0 N–H and O–H groups in total. The van der Waals surface area contributed by atoms with Gasteiger partial charge in [-0.2, -0.15) is 0 Å². The van der Waals surface area contributed by atoms with Gasteiger partial charge < -0.3 is 9.47 Å². The molecule has 0 aliphatic rings. The van der Waals surface area contributed by atoms with E-state index in [2.05, 4.69) is 9.47 Å². The molecular weight excluding hydrogens is 124 g/mol. The van der Waals surface area contributed by atoms with Crippen molar-refractivity contribution in [3.8, 4) is 0 Å². The minimum atomic E-state index is -1.20. The predicted molar refractivity (Wildman–Crippen MR) is 28.4 cm³/mol. The van der Waals surface area contributed by atoms with Crippen LogP contribution in [0, 0.1) is 0 Å². The van der Waals surface area contributed by atoms with Gasteiger partial charge in [-0.1, -0.05) is 0 Å². The molecule has 0 aromatic carbocycles. The van der Waals surface area contributed by atoms with Crippen molar-refractivity contribution in [3.05, 3.63) is 0 Å². The van der Waals surface area contributed by atoms with Gasteiger partial charge in [-0.25, -0.2) is 9.90 Å². The molecule has 0 aliphatic heterocycles. The number of hydrogen-bond donors (Lipinski definition) is 0. The van der Waals surface area contributed by atoms with Crippen molar-refractivity contribution >= 4 is 5.97 Å². The van der Waals surface area contributed by atoms with Gasteiger partial charge in [-0.3, -0.25) is 0 Å². The smallest absolute Gasteiger partial charge is 0.380 e. The Morgan fingerprint density at radius 1 is 1.44 bits per heavy atom. The normalized spacial score (nSPS) is 9.44. The molecule has 0 heterocycles. The lowest BCUT2D eigenvalue weighted by Crippen LogP contribution is -2.09. The summed E-state index contributed by atoms with van der Waals surface area (Å²) in [7, 11) is 1.52. The Bertz CT molecular complexity index is 81.0. The highest BCUT2D eigenvalue weighted by atomic mass is 16.5. The first kappa shape index (κ1) is 8.39. The summed E-state index contributed by atoms with van der Waals surface area (Å²) in [5, 5.41) is 9.69. The second kappa shape index (κ2) is 5.53. The Labute approximate surface area is 53.4 Å². The zero-order valence-corrected chi connectivity index (χ0v) is 5.25. The summed E-state index contributed by atoms with van der Waals surface area (Å²) in [6.07, 6.45) is 0. The molecular formula is C5H9O4. The topological polar surface area (TPSA) is 55.4 Å². The van der Waals surface area contributed by atoms with Crippen molar-refractivity contribution in [2.45, 2.75) is 0 Å². The molecule has 0 saturated heterocycles. The minimum Gasteiger partial charge on any atom is -0.382 e. The Kier molecular flexibility index (Phi) is 5.15. The summed E-state index contributed by atoms with van der Waals surface area (Å²) >= 11 is 0. The van der Waals surface area contributed by atoms with Crippen molar-refractivity contribution in [1.29, 1.82) is 0 Å².